The van der Waals surface area contributed by atoms with Crippen LogP contribution in [0.1, 0.15) is 12.5 Å². The number of hydrogen-bond donors (Lipinski definition) is 1. The Balaban J connectivity index is 0.00000420. The van der Waals surface area contributed by atoms with Crippen molar-refractivity contribution in [1.82, 2.24) is 15.1 Å². The SMILES string of the molecule is CN=C(NCCc1ccc(S(C)(=O)=O)cc1)N1CCN(C(C)C(F)(F)F)CC1.I. The number of benzene rings is 1. The first-order valence-corrected chi connectivity index (χ1v) is 11.0. The van der Waals surface area contributed by atoms with Gasteiger partial charge < -0.3 is 10.2 Å². The summed E-state index contributed by atoms with van der Waals surface area (Å²) in [5, 5.41) is 3.22. The monoisotopic (exact) mass is 548 g/mol. The summed E-state index contributed by atoms with van der Waals surface area (Å²) in [7, 11) is -1.56. The Morgan fingerprint density at radius 1 is 1.17 bits per heavy atom. The van der Waals surface area contributed by atoms with E-state index in [2.05, 4.69) is 10.3 Å². The van der Waals surface area contributed by atoms with Gasteiger partial charge in [-0.3, -0.25) is 9.89 Å². The number of nitrogens with one attached hydrogen (secondary N) is 1. The molecule has 0 saturated carbocycles. The van der Waals surface area contributed by atoms with Crippen molar-refractivity contribution in [3.05, 3.63) is 29.8 Å². The van der Waals surface area contributed by atoms with Crippen LogP contribution in [0.15, 0.2) is 34.2 Å². The van der Waals surface area contributed by atoms with Crippen LogP contribution in [0, 0.1) is 0 Å². The van der Waals surface area contributed by atoms with E-state index in [1.807, 2.05) is 4.90 Å². The molecular weight excluding hydrogens is 520 g/mol. The largest absolute Gasteiger partial charge is 0.403 e. The molecule has 1 aliphatic heterocycles. The minimum absolute atomic E-state index is 0. The van der Waals surface area contributed by atoms with Gasteiger partial charge in [0.15, 0.2) is 15.8 Å². The molecule has 1 saturated heterocycles. The molecule has 2 rings (SSSR count). The number of hydrogen-bond acceptors (Lipinski definition) is 4. The standard InChI is InChI=1S/C18H27F3N4O2S.HI/c1-14(18(19,20)21)24-10-12-25(13-11-24)17(22-2)23-9-8-15-4-6-16(7-5-15)28(3,26)27;/h4-7,14H,8-13H2,1-3H3,(H,22,23);1H. The van der Waals surface area contributed by atoms with Gasteiger partial charge >= 0.3 is 6.18 Å². The van der Waals surface area contributed by atoms with Gasteiger partial charge in [0.1, 0.15) is 6.04 Å². The third-order valence-corrected chi connectivity index (χ3v) is 6.02. The lowest BCUT2D eigenvalue weighted by molar-refractivity contribution is -0.181. The Morgan fingerprint density at radius 2 is 1.72 bits per heavy atom. The summed E-state index contributed by atoms with van der Waals surface area (Å²) < 4.78 is 61.5. The predicted octanol–water partition coefficient (Wildman–Crippen LogP) is 2.39. The summed E-state index contributed by atoms with van der Waals surface area (Å²) >= 11 is 0. The second-order valence-corrected chi connectivity index (χ2v) is 8.90. The van der Waals surface area contributed by atoms with Gasteiger partial charge in [0.2, 0.25) is 0 Å². The van der Waals surface area contributed by atoms with E-state index in [1.165, 1.54) is 18.1 Å². The molecule has 1 unspecified atom stereocenters. The maximum atomic E-state index is 12.8. The molecular formula is C18H28F3IN4O2S. The fourth-order valence-corrected chi connectivity index (χ4v) is 3.71. The summed E-state index contributed by atoms with van der Waals surface area (Å²) in [6.07, 6.45) is -2.37. The van der Waals surface area contributed by atoms with Gasteiger partial charge in [0, 0.05) is 46.0 Å². The fraction of sp³-hybridized carbons (Fsp3) is 0.611. The van der Waals surface area contributed by atoms with E-state index >= 15 is 0 Å². The summed E-state index contributed by atoms with van der Waals surface area (Å²) in [6, 6.07) is 5.27. The number of rotatable bonds is 5. The van der Waals surface area contributed by atoms with E-state index in [9.17, 15) is 21.6 Å². The molecule has 1 fully saturated rings. The first-order chi connectivity index (χ1) is 13.0. The van der Waals surface area contributed by atoms with Crippen LogP contribution >= 0.6 is 24.0 Å². The second-order valence-electron chi connectivity index (χ2n) is 6.88. The van der Waals surface area contributed by atoms with Crippen LogP contribution < -0.4 is 5.32 Å². The Labute approximate surface area is 187 Å². The molecule has 1 aromatic rings. The van der Waals surface area contributed by atoms with Gasteiger partial charge in [-0.15, -0.1) is 24.0 Å². The summed E-state index contributed by atoms with van der Waals surface area (Å²) in [4.78, 5) is 7.89. The zero-order chi connectivity index (χ0) is 20.9. The van der Waals surface area contributed by atoms with Gasteiger partial charge in [-0.2, -0.15) is 13.2 Å². The van der Waals surface area contributed by atoms with Crippen LogP contribution in [0.25, 0.3) is 0 Å². The number of nitrogens with zero attached hydrogens (tertiary/aromatic N) is 3. The van der Waals surface area contributed by atoms with E-state index in [0.29, 0.717) is 45.1 Å². The number of alkyl halides is 3. The van der Waals surface area contributed by atoms with Crippen LogP contribution in [-0.4, -0.2) is 82.4 Å². The Kier molecular flexibility index (Phi) is 9.67. The Morgan fingerprint density at radius 3 is 2.17 bits per heavy atom. The van der Waals surface area contributed by atoms with Crippen LogP contribution in [-0.2, 0) is 16.3 Å². The Bertz CT molecular complexity index is 777. The molecule has 29 heavy (non-hydrogen) atoms. The highest BCUT2D eigenvalue weighted by atomic mass is 127. The maximum Gasteiger partial charge on any atom is 0.403 e. The summed E-state index contributed by atoms with van der Waals surface area (Å²) in [6.45, 7) is 3.39. The van der Waals surface area contributed by atoms with Gasteiger partial charge in [0.05, 0.1) is 4.90 Å². The highest BCUT2D eigenvalue weighted by Gasteiger charge is 2.41. The molecule has 0 radical (unpaired) electrons. The summed E-state index contributed by atoms with van der Waals surface area (Å²) in [5.41, 5.74) is 0.985. The molecule has 0 aliphatic carbocycles. The first-order valence-electron chi connectivity index (χ1n) is 9.07. The Hall–Kier alpha value is -1.08. The lowest BCUT2D eigenvalue weighted by Gasteiger charge is -2.39. The number of sulfone groups is 1. The number of halogens is 4. The van der Waals surface area contributed by atoms with Gasteiger partial charge in [-0.1, -0.05) is 12.1 Å². The third-order valence-electron chi connectivity index (χ3n) is 4.90. The quantitative estimate of drug-likeness (QED) is 0.348. The van der Waals surface area contributed by atoms with Crippen LogP contribution in [0.5, 0.6) is 0 Å². The highest BCUT2D eigenvalue weighted by molar-refractivity contribution is 14.0. The fourth-order valence-electron chi connectivity index (χ4n) is 3.08. The van der Waals surface area contributed by atoms with Gasteiger partial charge in [-0.25, -0.2) is 8.42 Å². The molecule has 0 aromatic heterocycles. The smallest absolute Gasteiger partial charge is 0.356 e. The maximum absolute atomic E-state index is 12.8. The van der Waals surface area contributed by atoms with Crippen LogP contribution in [0.4, 0.5) is 13.2 Å². The van der Waals surface area contributed by atoms with E-state index in [0.717, 1.165) is 5.56 Å². The molecule has 0 amide bonds. The van der Waals surface area contributed by atoms with E-state index < -0.39 is 22.1 Å². The van der Waals surface area contributed by atoms with E-state index in [-0.39, 0.29) is 28.9 Å². The topological polar surface area (TPSA) is 65.0 Å². The summed E-state index contributed by atoms with van der Waals surface area (Å²) in [5.74, 6) is 0.659. The first kappa shape index (κ1) is 26.0. The molecule has 6 nitrogen and oxygen atoms in total. The molecule has 1 N–H and O–H groups in total. The van der Waals surface area contributed by atoms with Gasteiger partial charge in [-0.05, 0) is 31.0 Å². The molecule has 0 bridgehead atoms. The molecule has 1 aliphatic rings. The lowest BCUT2D eigenvalue weighted by Crippen LogP contribution is -2.56. The minimum atomic E-state index is -4.21. The average molecular weight is 548 g/mol. The van der Waals surface area contributed by atoms with Crippen LogP contribution in [0.3, 0.4) is 0 Å². The molecule has 11 heteroatoms. The minimum Gasteiger partial charge on any atom is -0.356 e. The molecule has 1 atom stereocenters. The second kappa shape index (κ2) is 10.8. The lowest BCUT2D eigenvalue weighted by atomic mass is 10.1. The van der Waals surface area contributed by atoms with E-state index in [1.54, 1.807) is 31.3 Å². The molecule has 0 spiro atoms. The zero-order valence-electron chi connectivity index (χ0n) is 16.7. The van der Waals surface area contributed by atoms with Crippen molar-refractivity contribution >= 4 is 39.8 Å². The molecule has 1 aromatic carbocycles. The van der Waals surface area contributed by atoms with Crippen molar-refractivity contribution < 1.29 is 21.6 Å². The number of piperazine rings is 1. The van der Waals surface area contributed by atoms with Crippen molar-refractivity contribution in [2.75, 3.05) is 46.0 Å². The van der Waals surface area contributed by atoms with Crippen LogP contribution in [0.2, 0.25) is 0 Å². The predicted molar refractivity (Wildman–Crippen MR) is 119 cm³/mol. The average Bonchev–Trinajstić information content (AvgIpc) is 2.64. The number of aliphatic imine (C=N–C) groups is 1. The van der Waals surface area contributed by atoms with Gasteiger partial charge in [0.25, 0.3) is 0 Å². The van der Waals surface area contributed by atoms with Crippen molar-refractivity contribution in [3.8, 4) is 0 Å². The number of guanidine groups is 1. The van der Waals surface area contributed by atoms with Crippen molar-refractivity contribution in [1.29, 1.82) is 0 Å². The zero-order valence-corrected chi connectivity index (χ0v) is 19.9. The van der Waals surface area contributed by atoms with Crippen molar-refractivity contribution in [2.45, 2.75) is 30.5 Å². The van der Waals surface area contributed by atoms with Crippen molar-refractivity contribution in [2.24, 2.45) is 4.99 Å². The molecule has 1 heterocycles. The van der Waals surface area contributed by atoms with E-state index in [4.69, 9.17) is 0 Å². The third kappa shape index (κ3) is 7.59. The normalized spacial score (nSPS) is 17.6. The molecule has 166 valence electrons. The van der Waals surface area contributed by atoms with Crippen molar-refractivity contribution in [3.63, 3.8) is 0 Å². The highest BCUT2D eigenvalue weighted by Crippen LogP contribution is 2.25.